The molecule has 4 heteroatoms. The fraction of sp³-hybridized carbons (Fsp3) is 0.333. The number of nitrogens with zero attached hydrogens (tertiary/aromatic N) is 1. The zero-order valence-corrected chi connectivity index (χ0v) is 10.5. The number of para-hydroxylation sites is 1. The monoisotopic (exact) mass is 256 g/mol. The lowest BCUT2D eigenvalue weighted by Gasteiger charge is -2.11. The highest BCUT2D eigenvalue weighted by molar-refractivity contribution is 6.05. The molecule has 0 bridgehead atoms. The number of benzene rings is 1. The van der Waals surface area contributed by atoms with E-state index in [9.17, 15) is 9.90 Å². The fourth-order valence-electron chi connectivity index (χ4n) is 2.23. The summed E-state index contributed by atoms with van der Waals surface area (Å²) in [5.41, 5.74) is 1.25. The summed E-state index contributed by atoms with van der Waals surface area (Å²) in [5, 5.41) is 13.5. The molecular weight excluding hydrogens is 240 g/mol. The quantitative estimate of drug-likeness (QED) is 0.875. The first-order valence-corrected chi connectivity index (χ1v) is 6.56. The molecule has 1 aliphatic carbocycles. The minimum absolute atomic E-state index is 0.177. The van der Waals surface area contributed by atoms with E-state index in [1.807, 2.05) is 24.3 Å². The number of pyridine rings is 1. The number of rotatable bonds is 4. The van der Waals surface area contributed by atoms with Crippen molar-refractivity contribution in [2.24, 2.45) is 5.92 Å². The Morgan fingerprint density at radius 3 is 2.95 bits per heavy atom. The number of aliphatic hydroxyl groups excluding tert-OH is 1. The zero-order valence-electron chi connectivity index (χ0n) is 10.5. The third-order valence-corrected chi connectivity index (χ3v) is 3.52. The largest absolute Gasteiger partial charge is 0.391 e. The molecule has 1 amide bonds. The van der Waals surface area contributed by atoms with Crippen LogP contribution < -0.4 is 5.32 Å². The molecule has 2 N–H and O–H groups in total. The van der Waals surface area contributed by atoms with Gasteiger partial charge in [0.15, 0.2) is 0 Å². The van der Waals surface area contributed by atoms with Crippen molar-refractivity contribution in [3.05, 3.63) is 42.1 Å². The second-order valence-corrected chi connectivity index (χ2v) is 5.00. The van der Waals surface area contributed by atoms with E-state index in [1.165, 1.54) is 0 Å². The predicted molar refractivity (Wildman–Crippen MR) is 72.8 cm³/mol. The Balaban J connectivity index is 1.77. The van der Waals surface area contributed by atoms with Gasteiger partial charge in [0.25, 0.3) is 5.91 Å². The van der Waals surface area contributed by atoms with Crippen molar-refractivity contribution >= 4 is 16.8 Å². The Labute approximate surface area is 111 Å². The summed E-state index contributed by atoms with van der Waals surface area (Å²) < 4.78 is 0. The van der Waals surface area contributed by atoms with Gasteiger partial charge in [0, 0.05) is 18.1 Å². The Morgan fingerprint density at radius 2 is 2.16 bits per heavy atom. The number of aromatic nitrogens is 1. The molecule has 1 atom stereocenters. The number of aliphatic hydroxyl groups is 1. The lowest BCUT2D eigenvalue weighted by atomic mass is 10.1. The van der Waals surface area contributed by atoms with Crippen molar-refractivity contribution in [2.75, 3.05) is 6.54 Å². The average molecular weight is 256 g/mol. The van der Waals surface area contributed by atoms with E-state index < -0.39 is 6.10 Å². The fourth-order valence-corrected chi connectivity index (χ4v) is 2.23. The van der Waals surface area contributed by atoms with Crippen molar-refractivity contribution in [3.8, 4) is 0 Å². The molecule has 1 unspecified atom stereocenters. The van der Waals surface area contributed by atoms with Crippen LogP contribution in [0.15, 0.2) is 36.5 Å². The summed E-state index contributed by atoms with van der Waals surface area (Å²) >= 11 is 0. The molecule has 1 fully saturated rings. The molecule has 0 saturated heterocycles. The van der Waals surface area contributed by atoms with Gasteiger partial charge in [-0.15, -0.1) is 0 Å². The molecule has 4 nitrogen and oxygen atoms in total. The van der Waals surface area contributed by atoms with Gasteiger partial charge in [0.1, 0.15) is 0 Å². The number of nitrogens with one attached hydrogen (secondary N) is 1. The smallest absolute Gasteiger partial charge is 0.253 e. The van der Waals surface area contributed by atoms with Crippen molar-refractivity contribution in [1.82, 2.24) is 10.3 Å². The number of amides is 1. The van der Waals surface area contributed by atoms with Gasteiger partial charge in [-0.2, -0.15) is 0 Å². The number of carbonyl (C=O) groups is 1. The first-order chi connectivity index (χ1) is 9.25. The molecule has 0 spiro atoms. The van der Waals surface area contributed by atoms with Crippen LogP contribution in [0.1, 0.15) is 23.2 Å². The van der Waals surface area contributed by atoms with Gasteiger partial charge in [0.05, 0.1) is 17.2 Å². The Bertz CT molecular complexity index is 603. The molecular formula is C15H16N2O2. The van der Waals surface area contributed by atoms with Crippen LogP contribution in [0.3, 0.4) is 0 Å². The highest BCUT2D eigenvalue weighted by Crippen LogP contribution is 2.32. The van der Waals surface area contributed by atoms with E-state index in [-0.39, 0.29) is 5.91 Å². The van der Waals surface area contributed by atoms with E-state index in [1.54, 1.807) is 12.3 Å². The maximum absolute atomic E-state index is 12.1. The van der Waals surface area contributed by atoms with Gasteiger partial charge >= 0.3 is 0 Å². The van der Waals surface area contributed by atoms with Crippen LogP contribution in [0.4, 0.5) is 0 Å². The SMILES string of the molecule is O=C(NCC(O)C1CC1)c1cccc2cccnc12. The summed E-state index contributed by atoms with van der Waals surface area (Å²) in [6, 6.07) is 9.31. The highest BCUT2D eigenvalue weighted by atomic mass is 16.3. The summed E-state index contributed by atoms with van der Waals surface area (Å²) in [6.45, 7) is 0.312. The van der Waals surface area contributed by atoms with Crippen LogP contribution in [0.2, 0.25) is 0 Å². The number of hydrogen-bond acceptors (Lipinski definition) is 3. The molecule has 1 aromatic carbocycles. The first-order valence-electron chi connectivity index (χ1n) is 6.56. The standard InChI is InChI=1S/C15H16N2O2/c18-13(10-6-7-10)9-17-15(19)12-5-1-3-11-4-2-8-16-14(11)12/h1-5,8,10,13,18H,6-7,9H2,(H,17,19). The number of hydrogen-bond donors (Lipinski definition) is 2. The summed E-state index contributed by atoms with van der Waals surface area (Å²) in [4.78, 5) is 16.4. The van der Waals surface area contributed by atoms with Crippen LogP contribution in [-0.2, 0) is 0 Å². The third kappa shape index (κ3) is 2.58. The van der Waals surface area contributed by atoms with Gasteiger partial charge in [-0.1, -0.05) is 18.2 Å². The van der Waals surface area contributed by atoms with E-state index in [0.717, 1.165) is 18.2 Å². The highest BCUT2D eigenvalue weighted by Gasteiger charge is 2.29. The molecule has 2 aromatic rings. The predicted octanol–water partition coefficient (Wildman–Crippen LogP) is 1.74. The summed E-state index contributed by atoms with van der Waals surface area (Å²) in [5.74, 6) is 0.190. The Kier molecular flexibility index (Phi) is 3.17. The molecule has 1 heterocycles. The maximum atomic E-state index is 12.1. The minimum atomic E-state index is -0.424. The van der Waals surface area contributed by atoms with Crippen molar-refractivity contribution in [2.45, 2.75) is 18.9 Å². The van der Waals surface area contributed by atoms with Crippen LogP contribution in [-0.4, -0.2) is 28.6 Å². The van der Waals surface area contributed by atoms with Crippen molar-refractivity contribution in [3.63, 3.8) is 0 Å². The molecule has 0 radical (unpaired) electrons. The first kappa shape index (κ1) is 12.1. The van der Waals surface area contributed by atoms with Crippen LogP contribution in [0.5, 0.6) is 0 Å². The minimum Gasteiger partial charge on any atom is -0.391 e. The van der Waals surface area contributed by atoms with Crippen molar-refractivity contribution in [1.29, 1.82) is 0 Å². The Hall–Kier alpha value is -1.94. The maximum Gasteiger partial charge on any atom is 0.253 e. The Morgan fingerprint density at radius 1 is 1.37 bits per heavy atom. The molecule has 0 aliphatic heterocycles. The molecule has 1 saturated carbocycles. The second kappa shape index (κ2) is 4.97. The normalized spacial score (nSPS) is 16.3. The molecule has 3 rings (SSSR count). The lowest BCUT2D eigenvalue weighted by Crippen LogP contribution is -2.33. The average Bonchev–Trinajstić information content (AvgIpc) is 3.28. The van der Waals surface area contributed by atoms with Gasteiger partial charge in [-0.25, -0.2) is 0 Å². The second-order valence-electron chi connectivity index (χ2n) is 5.00. The molecule has 1 aliphatic rings. The van der Waals surface area contributed by atoms with Crippen LogP contribution in [0, 0.1) is 5.92 Å². The van der Waals surface area contributed by atoms with Gasteiger partial charge in [-0.05, 0) is 30.9 Å². The van der Waals surface area contributed by atoms with E-state index >= 15 is 0 Å². The third-order valence-electron chi connectivity index (χ3n) is 3.52. The zero-order chi connectivity index (χ0) is 13.2. The van der Waals surface area contributed by atoms with Gasteiger partial charge in [0.2, 0.25) is 0 Å². The van der Waals surface area contributed by atoms with Crippen molar-refractivity contribution < 1.29 is 9.90 Å². The van der Waals surface area contributed by atoms with E-state index in [0.29, 0.717) is 23.5 Å². The van der Waals surface area contributed by atoms with E-state index in [4.69, 9.17) is 0 Å². The number of fused-ring (bicyclic) bond motifs is 1. The summed E-state index contributed by atoms with van der Waals surface area (Å²) in [6.07, 6.45) is 3.38. The van der Waals surface area contributed by atoms with Crippen LogP contribution in [0.25, 0.3) is 10.9 Å². The van der Waals surface area contributed by atoms with Crippen LogP contribution >= 0.6 is 0 Å². The topological polar surface area (TPSA) is 62.2 Å². The van der Waals surface area contributed by atoms with Gasteiger partial charge < -0.3 is 10.4 Å². The molecule has 1 aromatic heterocycles. The summed E-state index contributed by atoms with van der Waals surface area (Å²) in [7, 11) is 0. The van der Waals surface area contributed by atoms with Gasteiger partial charge in [-0.3, -0.25) is 9.78 Å². The molecule has 19 heavy (non-hydrogen) atoms. The molecule has 98 valence electrons. The number of carbonyl (C=O) groups excluding carboxylic acids is 1. The lowest BCUT2D eigenvalue weighted by molar-refractivity contribution is 0.0902. The van der Waals surface area contributed by atoms with E-state index in [2.05, 4.69) is 10.3 Å².